The quantitative estimate of drug-likeness (QED) is 0.832. The fourth-order valence-electron chi connectivity index (χ4n) is 1.85. The molecule has 0 aliphatic carbocycles. The Bertz CT molecular complexity index is 346. The molecule has 1 fully saturated rings. The van der Waals surface area contributed by atoms with E-state index in [1.165, 1.54) is 6.42 Å². The molecule has 1 saturated heterocycles. The van der Waals surface area contributed by atoms with Crippen LogP contribution in [0.3, 0.4) is 0 Å². The van der Waals surface area contributed by atoms with Crippen LogP contribution < -0.4 is 10.6 Å². The number of anilines is 1. The molecular weight excluding hydrogens is 228 g/mol. The molecule has 1 atom stereocenters. The van der Waals surface area contributed by atoms with Gasteiger partial charge >= 0.3 is 0 Å². The van der Waals surface area contributed by atoms with Crippen LogP contribution in [0.25, 0.3) is 0 Å². The first-order valence-electron chi connectivity index (χ1n) is 5.27. The van der Waals surface area contributed by atoms with E-state index < -0.39 is 0 Å². The summed E-state index contributed by atoms with van der Waals surface area (Å²) in [7, 11) is 1.81. The molecule has 5 nitrogen and oxygen atoms in total. The first-order chi connectivity index (χ1) is 7.25. The number of carbonyl (C=O) groups excluding carboxylic acids is 1. The smallest absolute Gasteiger partial charge is 0.227 e. The Morgan fingerprint density at radius 2 is 2.56 bits per heavy atom. The van der Waals surface area contributed by atoms with E-state index in [4.69, 9.17) is 0 Å². The highest BCUT2D eigenvalue weighted by molar-refractivity contribution is 5.90. The van der Waals surface area contributed by atoms with Crippen molar-refractivity contribution in [2.75, 3.05) is 11.9 Å². The highest BCUT2D eigenvalue weighted by Gasteiger charge is 2.17. The highest BCUT2D eigenvalue weighted by atomic mass is 35.5. The summed E-state index contributed by atoms with van der Waals surface area (Å²) < 4.78 is 1.65. The van der Waals surface area contributed by atoms with Crippen LogP contribution in [-0.4, -0.2) is 28.3 Å². The maximum Gasteiger partial charge on any atom is 0.227 e. The molecule has 1 aromatic heterocycles. The number of halogens is 1. The minimum atomic E-state index is 0. The van der Waals surface area contributed by atoms with Crippen LogP contribution in [0.2, 0.25) is 0 Å². The summed E-state index contributed by atoms with van der Waals surface area (Å²) in [4.78, 5) is 11.6. The molecule has 6 heteroatoms. The number of rotatable bonds is 3. The van der Waals surface area contributed by atoms with Gasteiger partial charge in [-0.15, -0.1) is 12.4 Å². The molecule has 1 aromatic rings. The van der Waals surface area contributed by atoms with Gasteiger partial charge in [0.2, 0.25) is 5.91 Å². The average Bonchev–Trinajstić information content (AvgIpc) is 2.79. The Balaban J connectivity index is 0.00000128. The van der Waals surface area contributed by atoms with Crippen LogP contribution in [0, 0.1) is 0 Å². The van der Waals surface area contributed by atoms with Crippen molar-refractivity contribution < 1.29 is 4.79 Å². The predicted molar refractivity (Wildman–Crippen MR) is 64.7 cm³/mol. The number of amides is 1. The van der Waals surface area contributed by atoms with Crippen molar-refractivity contribution in [3.8, 4) is 0 Å². The molecule has 0 radical (unpaired) electrons. The van der Waals surface area contributed by atoms with Gasteiger partial charge in [0.05, 0.1) is 6.20 Å². The van der Waals surface area contributed by atoms with E-state index >= 15 is 0 Å². The van der Waals surface area contributed by atoms with Gasteiger partial charge in [-0.1, -0.05) is 0 Å². The summed E-state index contributed by atoms with van der Waals surface area (Å²) in [6.07, 6.45) is 4.48. The standard InChI is InChI=1S/C10H16N4O.ClH/c1-14-9(4-6-12-14)13-10(15)7-8-3-2-5-11-8;/h4,6,8,11H,2-3,5,7H2,1H3,(H,13,15);1H. The highest BCUT2D eigenvalue weighted by Crippen LogP contribution is 2.10. The Labute approximate surface area is 101 Å². The third kappa shape index (κ3) is 3.21. The summed E-state index contributed by atoms with van der Waals surface area (Å²) in [5.74, 6) is 0.802. The van der Waals surface area contributed by atoms with Crippen molar-refractivity contribution in [1.29, 1.82) is 0 Å². The molecule has 90 valence electrons. The zero-order valence-electron chi connectivity index (χ0n) is 9.27. The van der Waals surface area contributed by atoms with Gasteiger partial charge in [-0.2, -0.15) is 5.10 Å². The lowest BCUT2D eigenvalue weighted by Gasteiger charge is -2.10. The second-order valence-corrected chi connectivity index (χ2v) is 3.89. The van der Waals surface area contributed by atoms with E-state index in [-0.39, 0.29) is 18.3 Å². The molecule has 2 heterocycles. The van der Waals surface area contributed by atoms with Crippen molar-refractivity contribution in [3.63, 3.8) is 0 Å². The van der Waals surface area contributed by atoms with Crippen LogP contribution in [0.4, 0.5) is 5.82 Å². The number of hydrogen-bond acceptors (Lipinski definition) is 3. The maximum absolute atomic E-state index is 11.6. The van der Waals surface area contributed by atoms with Crippen molar-refractivity contribution >= 4 is 24.1 Å². The molecule has 0 aromatic carbocycles. The van der Waals surface area contributed by atoms with E-state index in [1.807, 2.05) is 7.05 Å². The summed E-state index contributed by atoms with van der Waals surface area (Å²) in [5, 5.41) is 10.1. The molecule has 1 aliphatic heterocycles. The fourth-order valence-corrected chi connectivity index (χ4v) is 1.85. The van der Waals surface area contributed by atoms with Crippen molar-refractivity contribution in [3.05, 3.63) is 12.3 Å². The number of nitrogens with zero attached hydrogens (tertiary/aromatic N) is 2. The number of hydrogen-bond donors (Lipinski definition) is 2. The molecule has 16 heavy (non-hydrogen) atoms. The Hall–Kier alpha value is -1.07. The van der Waals surface area contributed by atoms with Gasteiger partial charge in [0, 0.05) is 25.6 Å². The van der Waals surface area contributed by atoms with E-state index in [0.29, 0.717) is 12.5 Å². The molecule has 1 unspecified atom stereocenters. The minimum absolute atomic E-state index is 0. The zero-order chi connectivity index (χ0) is 10.7. The van der Waals surface area contributed by atoms with Gasteiger partial charge in [0.1, 0.15) is 5.82 Å². The van der Waals surface area contributed by atoms with Crippen LogP contribution in [0.5, 0.6) is 0 Å². The van der Waals surface area contributed by atoms with Crippen LogP contribution in [0.15, 0.2) is 12.3 Å². The molecule has 1 amide bonds. The predicted octanol–water partition coefficient (Wildman–Crippen LogP) is 0.922. The first-order valence-corrected chi connectivity index (χ1v) is 5.27. The van der Waals surface area contributed by atoms with Crippen molar-refractivity contribution in [2.24, 2.45) is 7.05 Å². The van der Waals surface area contributed by atoms with Gasteiger partial charge in [-0.25, -0.2) is 0 Å². The normalized spacial score (nSPS) is 19.2. The maximum atomic E-state index is 11.6. The Kier molecular flexibility index (Phi) is 4.76. The lowest BCUT2D eigenvalue weighted by Crippen LogP contribution is -2.27. The van der Waals surface area contributed by atoms with Gasteiger partial charge in [0.25, 0.3) is 0 Å². The van der Waals surface area contributed by atoms with Crippen molar-refractivity contribution in [2.45, 2.75) is 25.3 Å². The summed E-state index contributed by atoms with van der Waals surface area (Å²) >= 11 is 0. The second kappa shape index (κ2) is 5.86. The van der Waals surface area contributed by atoms with E-state index in [9.17, 15) is 4.79 Å². The number of nitrogens with one attached hydrogen (secondary N) is 2. The minimum Gasteiger partial charge on any atom is -0.313 e. The van der Waals surface area contributed by atoms with Crippen molar-refractivity contribution in [1.82, 2.24) is 15.1 Å². The largest absolute Gasteiger partial charge is 0.313 e. The monoisotopic (exact) mass is 244 g/mol. The fraction of sp³-hybridized carbons (Fsp3) is 0.600. The summed E-state index contributed by atoms with van der Waals surface area (Å²) in [6, 6.07) is 2.14. The van der Waals surface area contributed by atoms with E-state index in [1.54, 1.807) is 16.9 Å². The van der Waals surface area contributed by atoms with Crippen LogP contribution >= 0.6 is 12.4 Å². The topological polar surface area (TPSA) is 59.0 Å². The first kappa shape index (κ1) is 13.0. The molecule has 1 aliphatic rings. The van der Waals surface area contributed by atoms with E-state index in [2.05, 4.69) is 15.7 Å². The number of aryl methyl sites for hydroxylation is 1. The average molecular weight is 245 g/mol. The lowest BCUT2D eigenvalue weighted by atomic mass is 10.1. The molecular formula is C10H17ClN4O. The summed E-state index contributed by atoms with van der Waals surface area (Å²) in [6.45, 7) is 1.03. The SMILES string of the molecule is Cl.Cn1nccc1NC(=O)CC1CCCN1. The second-order valence-electron chi connectivity index (χ2n) is 3.89. The summed E-state index contributed by atoms with van der Waals surface area (Å²) in [5.41, 5.74) is 0. The van der Waals surface area contributed by atoms with Crippen LogP contribution in [-0.2, 0) is 11.8 Å². The third-order valence-corrected chi connectivity index (χ3v) is 2.68. The third-order valence-electron chi connectivity index (χ3n) is 2.68. The zero-order valence-corrected chi connectivity index (χ0v) is 10.1. The van der Waals surface area contributed by atoms with Crippen LogP contribution in [0.1, 0.15) is 19.3 Å². The molecule has 0 bridgehead atoms. The van der Waals surface area contributed by atoms with Gasteiger partial charge < -0.3 is 10.6 Å². The number of aromatic nitrogens is 2. The Morgan fingerprint density at radius 3 is 3.12 bits per heavy atom. The van der Waals surface area contributed by atoms with Gasteiger partial charge in [-0.05, 0) is 19.4 Å². The van der Waals surface area contributed by atoms with Gasteiger partial charge in [-0.3, -0.25) is 9.48 Å². The van der Waals surface area contributed by atoms with Gasteiger partial charge in [0.15, 0.2) is 0 Å². The van der Waals surface area contributed by atoms with E-state index in [0.717, 1.165) is 18.8 Å². The number of carbonyl (C=O) groups is 1. The molecule has 0 saturated carbocycles. The molecule has 2 rings (SSSR count). The molecule has 0 spiro atoms. The lowest BCUT2D eigenvalue weighted by molar-refractivity contribution is -0.116. The Morgan fingerprint density at radius 1 is 1.75 bits per heavy atom. The molecule has 2 N–H and O–H groups in total.